The van der Waals surface area contributed by atoms with Crippen LogP contribution in [0.1, 0.15) is 43.0 Å². The van der Waals surface area contributed by atoms with Gasteiger partial charge < -0.3 is 5.73 Å². The van der Waals surface area contributed by atoms with Crippen LogP contribution in [0.25, 0.3) is 0 Å². The number of nitrogen functional groups attached to an aromatic ring is 1. The summed E-state index contributed by atoms with van der Waals surface area (Å²) in [5.41, 5.74) is 8.52. The predicted octanol–water partition coefficient (Wildman–Crippen LogP) is 3.20. The highest BCUT2D eigenvalue weighted by Crippen LogP contribution is 2.29. The van der Waals surface area contributed by atoms with Crippen molar-refractivity contribution in [2.24, 2.45) is 0 Å². The predicted molar refractivity (Wildman–Crippen MR) is 85.4 cm³/mol. The van der Waals surface area contributed by atoms with Crippen LogP contribution in [0, 0.1) is 6.92 Å². The molecule has 1 heterocycles. The van der Waals surface area contributed by atoms with E-state index in [0.717, 1.165) is 11.3 Å². The lowest BCUT2D eigenvalue weighted by atomic mass is 10.2. The van der Waals surface area contributed by atoms with E-state index < -0.39 is 10.8 Å². The van der Waals surface area contributed by atoms with E-state index in [1.165, 1.54) is 25.7 Å². The van der Waals surface area contributed by atoms with Crippen LogP contribution in [0.5, 0.6) is 0 Å². The van der Waals surface area contributed by atoms with Gasteiger partial charge in [-0.25, -0.2) is 0 Å². The van der Waals surface area contributed by atoms with Crippen LogP contribution in [0.3, 0.4) is 0 Å². The Bertz CT molecular complexity index is 659. The molecule has 0 bridgehead atoms. The molecule has 0 radical (unpaired) electrons. The van der Waals surface area contributed by atoms with Gasteiger partial charge in [-0.3, -0.25) is 8.89 Å². The Morgan fingerprint density at radius 2 is 2.10 bits per heavy atom. The maximum Gasteiger partial charge on any atom is 0.0753 e. The van der Waals surface area contributed by atoms with Crippen LogP contribution >= 0.6 is 0 Å². The molecular formula is C16H21N3OS. The fourth-order valence-corrected chi connectivity index (χ4v) is 4.03. The van der Waals surface area contributed by atoms with Crippen molar-refractivity contribution in [2.75, 3.05) is 5.73 Å². The summed E-state index contributed by atoms with van der Waals surface area (Å²) in [5, 5.41) is 4.59. The summed E-state index contributed by atoms with van der Waals surface area (Å²) < 4.78 is 14.5. The Morgan fingerprint density at radius 3 is 2.81 bits per heavy atom. The molecule has 1 atom stereocenters. The lowest BCUT2D eigenvalue weighted by Crippen LogP contribution is -2.07. The number of hydrogen-bond donors (Lipinski definition) is 1. The van der Waals surface area contributed by atoms with Crippen molar-refractivity contribution in [1.82, 2.24) is 9.78 Å². The molecule has 5 heteroatoms. The Balaban J connectivity index is 1.72. The van der Waals surface area contributed by atoms with Gasteiger partial charge in [-0.2, -0.15) is 5.10 Å². The average molecular weight is 303 g/mol. The van der Waals surface area contributed by atoms with Gasteiger partial charge in [0.25, 0.3) is 0 Å². The van der Waals surface area contributed by atoms with Gasteiger partial charge in [-0.05, 0) is 43.5 Å². The Morgan fingerprint density at radius 1 is 1.33 bits per heavy atom. The van der Waals surface area contributed by atoms with Gasteiger partial charge in [0.05, 0.1) is 33.2 Å². The topological polar surface area (TPSA) is 60.9 Å². The molecule has 1 fully saturated rings. The first-order valence-electron chi connectivity index (χ1n) is 7.42. The third kappa shape index (κ3) is 3.18. The number of aromatic nitrogens is 2. The van der Waals surface area contributed by atoms with Crippen molar-refractivity contribution in [3.05, 3.63) is 41.7 Å². The van der Waals surface area contributed by atoms with Gasteiger partial charge in [0.1, 0.15) is 0 Å². The highest BCUT2D eigenvalue weighted by atomic mass is 32.2. The minimum atomic E-state index is -1.14. The quantitative estimate of drug-likeness (QED) is 0.882. The number of anilines is 1. The summed E-state index contributed by atoms with van der Waals surface area (Å²) in [6, 6.07) is 8.16. The van der Waals surface area contributed by atoms with Crippen molar-refractivity contribution in [1.29, 1.82) is 0 Å². The molecule has 112 valence electrons. The highest BCUT2D eigenvalue weighted by molar-refractivity contribution is 7.84. The van der Waals surface area contributed by atoms with Crippen LogP contribution in [-0.2, 0) is 16.6 Å². The minimum Gasteiger partial charge on any atom is -0.398 e. The Labute approximate surface area is 127 Å². The SMILES string of the molecule is Cc1ccc(S(=O)Cc2ccn(C3CCCC3)n2)c(N)c1. The molecule has 2 N–H and O–H groups in total. The smallest absolute Gasteiger partial charge is 0.0753 e. The van der Waals surface area contributed by atoms with E-state index in [1.54, 1.807) is 0 Å². The summed E-state index contributed by atoms with van der Waals surface area (Å²) in [6.07, 6.45) is 6.99. The van der Waals surface area contributed by atoms with E-state index in [4.69, 9.17) is 5.73 Å². The minimum absolute atomic E-state index is 0.424. The van der Waals surface area contributed by atoms with Crippen molar-refractivity contribution in [3.63, 3.8) is 0 Å². The second kappa shape index (κ2) is 6.02. The molecule has 2 aromatic rings. The summed E-state index contributed by atoms with van der Waals surface area (Å²) in [7, 11) is -1.14. The van der Waals surface area contributed by atoms with Gasteiger partial charge in [0, 0.05) is 11.9 Å². The molecule has 0 amide bonds. The normalized spacial score (nSPS) is 17.2. The van der Waals surface area contributed by atoms with Crippen LogP contribution in [-0.4, -0.2) is 14.0 Å². The van der Waals surface area contributed by atoms with Gasteiger partial charge in [0.15, 0.2) is 0 Å². The Hall–Kier alpha value is -1.62. The number of benzene rings is 1. The highest BCUT2D eigenvalue weighted by Gasteiger charge is 2.18. The summed E-state index contributed by atoms with van der Waals surface area (Å²) in [5.74, 6) is 0.424. The molecule has 4 nitrogen and oxygen atoms in total. The molecule has 0 saturated heterocycles. The first kappa shape index (κ1) is 14.3. The first-order valence-corrected chi connectivity index (χ1v) is 8.74. The van der Waals surface area contributed by atoms with Crippen molar-refractivity contribution in [3.8, 4) is 0 Å². The standard InChI is InChI=1S/C16H21N3OS/c1-12-6-7-16(15(17)10-12)21(20)11-13-8-9-19(18-13)14-4-2-3-5-14/h6-10,14H,2-5,11,17H2,1H3. The molecule has 3 rings (SSSR count). The maximum absolute atomic E-state index is 12.5. The largest absolute Gasteiger partial charge is 0.398 e. The molecule has 0 spiro atoms. The third-order valence-corrected chi connectivity index (χ3v) is 5.47. The van der Waals surface area contributed by atoms with E-state index in [2.05, 4.69) is 5.10 Å². The molecule has 1 saturated carbocycles. The molecular weight excluding hydrogens is 282 g/mol. The first-order chi connectivity index (χ1) is 10.1. The number of hydrogen-bond acceptors (Lipinski definition) is 3. The summed E-state index contributed by atoms with van der Waals surface area (Å²) >= 11 is 0. The summed E-state index contributed by atoms with van der Waals surface area (Å²) in [4.78, 5) is 0.705. The zero-order valence-electron chi connectivity index (χ0n) is 12.3. The molecule has 0 aliphatic heterocycles. The second-order valence-electron chi connectivity index (χ2n) is 5.76. The van der Waals surface area contributed by atoms with E-state index in [1.807, 2.05) is 42.1 Å². The lowest BCUT2D eigenvalue weighted by molar-refractivity contribution is 0.464. The van der Waals surface area contributed by atoms with Crippen LogP contribution in [0.2, 0.25) is 0 Å². The summed E-state index contributed by atoms with van der Waals surface area (Å²) in [6.45, 7) is 1.98. The number of rotatable bonds is 4. The third-order valence-electron chi connectivity index (χ3n) is 4.05. The number of nitrogens with zero attached hydrogens (tertiary/aromatic N) is 2. The maximum atomic E-state index is 12.5. The van der Waals surface area contributed by atoms with Gasteiger partial charge >= 0.3 is 0 Å². The average Bonchev–Trinajstić information content (AvgIpc) is 3.08. The zero-order valence-corrected chi connectivity index (χ0v) is 13.1. The number of nitrogens with two attached hydrogens (primary N) is 1. The fourth-order valence-electron chi connectivity index (χ4n) is 2.91. The van der Waals surface area contributed by atoms with Gasteiger partial charge in [0.2, 0.25) is 0 Å². The van der Waals surface area contributed by atoms with Gasteiger partial charge in [-0.15, -0.1) is 0 Å². The van der Waals surface area contributed by atoms with Crippen LogP contribution < -0.4 is 5.73 Å². The number of aryl methyl sites for hydroxylation is 1. The fraction of sp³-hybridized carbons (Fsp3) is 0.438. The van der Waals surface area contributed by atoms with Crippen LogP contribution in [0.4, 0.5) is 5.69 Å². The van der Waals surface area contributed by atoms with Gasteiger partial charge in [-0.1, -0.05) is 18.9 Å². The molecule has 1 aromatic carbocycles. The van der Waals surface area contributed by atoms with E-state index in [9.17, 15) is 4.21 Å². The van der Waals surface area contributed by atoms with E-state index >= 15 is 0 Å². The molecule has 1 unspecified atom stereocenters. The zero-order chi connectivity index (χ0) is 14.8. The van der Waals surface area contributed by atoms with Crippen molar-refractivity contribution >= 4 is 16.5 Å². The lowest BCUT2D eigenvalue weighted by Gasteiger charge is -2.09. The molecule has 1 aliphatic rings. The van der Waals surface area contributed by atoms with E-state index in [0.29, 0.717) is 22.4 Å². The monoisotopic (exact) mass is 303 g/mol. The van der Waals surface area contributed by atoms with Crippen molar-refractivity contribution in [2.45, 2.75) is 49.3 Å². The van der Waals surface area contributed by atoms with E-state index in [-0.39, 0.29) is 0 Å². The molecule has 1 aromatic heterocycles. The Kier molecular flexibility index (Phi) is 4.10. The molecule has 1 aliphatic carbocycles. The van der Waals surface area contributed by atoms with Crippen LogP contribution in [0.15, 0.2) is 35.4 Å². The van der Waals surface area contributed by atoms with Crippen molar-refractivity contribution < 1.29 is 4.21 Å². The molecule has 21 heavy (non-hydrogen) atoms. The second-order valence-corrected chi connectivity index (χ2v) is 7.18.